The molecule has 2 nitrogen and oxygen atoms in total. The Labute approximate surface area is 102 Å². The SMILES string of the molecule is CCc1cccc2c1ccn2C1CCCCO1. The van der Waals surface area contributed by atoms with Crippen molar-refractivity contribution in [2.24, 2.45) is 0 Å². The Bertz CT molecular complexity index is 509. The second kappa shape index (κ2) is 4.53. The summed E-state index contributed by atoms with van der Waals surface area (Å²) in [6.45, 7) is 3.11. The molecule has 0 aliphatic carbocycles. The number of aryl methyl sites for hydroxylation is 1. The van der Waals surface area contributed by atoms with Gasteiger partial charge >= 0.3 is 0 Å². The van der Waals surface area contributed by atoms with Crippen LogP contribution >= 0.6 is 0 Å². The van der Waals surface area contributed by atoms with Crippen molar-refractivity contribution in [3.05, 3.63) is 36.0 Å². The first kappa shape index (κ1) is 10.8. The Balaban J connectivity index is 2.05. The minimum absolute atomic E-state index is 0.244. The van der Waals surface area contributed by atoms with E-state index in [2.05, 4.69) is 42.0 Å². The predicted molar refractivity (Wildman–Crippen MR) is 70.2 cm³/mol. The van der Waals surface area contributed by atoms with Crippen LogP contribution in [0, 0.1) is 0 Å². The molecule has 3 rings (SSSR count). The van der Waals surface area contributed by atoms with Gasteiger partial charge in [0.05, 0.1) is 5.52 Å². The summed E-state index contributed by atoms with van der Waals surface area (Å²) in [5, 5.41) is 1.38. The molecule has 90 valence electrons. The monoisotopic (exact) mass is 229 g/mol. The lowest BCUT2D eigenvalue weighted by atomic mass is 10.1. The normalized spacial score (nSPS) is 20.9. The molecule has 0 bridgehead atoms. The van der Waals surface area contributed by atoms with Crippen LogP contribution in [0.25, 0.3) is 10.9 Å². The molecule has 1 aliphatic rings. The molecule has 1 atom stereocenters. The van der Waals surface area contributed by atoms with Gasteiger partial charge in [-0.05, 0) is 43.4 Å². The van der Waals surface area contributed by atoms with Crippen molar-refractivity contribution in [2.75, 3.05) is 6.61 Å². The van der Waals surface area contributed by atoms with Crippen LogP contribution < -0.4 is 0 Å². The maximum Gasteiger partial charge on any atom is 0.133 e. The molecule has 1 fully saturated rings. The van der Waals surface area contributed by atoms with Crippen LogP contribution in [0.3, 0.4) is 0 Å². The van der Waals surface area contributed by atoms with E-state index in [1.54, 1.807) is 0 Å². The molecule has 0 radical (unpaired) electrons. The van der Waals surface area contributed by atoms with Crippen molar-refractivity contribution >= 4 is 10.9 Å². The van der Waals surface area contributed by atoms with Crippen LogP contribution in [-0.4, -0.2) is 11.2 Å². The van der Waals surface area contributed by atoms with Gasteiger partial charge in [-0.2, -0.15) is 0 Å². The van der Waals surface area contributed by atoms with Crippen LogP contribution in [0.5, 0.6) is 0 Å². The highest BCUT2D eigenvalue weighted by Crippen LogP contribution is 2.29. The summed E-state index contributed by atoms with van der Waals surface area (Å²) in [4.78, 5) is 0. The van der Waals surface area contributed by atoms with E-state index in [-0.39, 0.29) is 6.23 Å². The fourth-order valence-electron chi connectivity index (χ4n) is 2.75. The summed E-state index contributed by atoms with van der Waals surface area (Å²) >= 11 is 0. The molecule has 1 saturated heterocycles. The number of benzene rings is 1. The highest BCUT2D eigenvalue weighted by Gasteiger charge is 2.17. The van der Waals surface area contributed by atoms with E-state index >= 15 is 0 Å². The number of ether oxygens (including phenoxy) is 1. The minimum atomic E-state index is 0.244. The van der Waals surface area contributed by atoms with Gasteiger partial charge < -0.3 is 9.30 Å². The third-order valence-corrected chi connectivity index (χ3v) is 3.70. The molecule has 1 aromatic heterocycles. The summed E-state index contributed by atoms with van der Waals surface area (Å²) < 4.78 is 8.17. The third kappa shape index (κ3) is 1.87. The van der Waals surface area contributed by atoms with Crippen molar-refractivity contribution in [1.82, 2.24) is 4.57 Å². The zero-order valence-corrected chi connectivity index (χ0v) is 10.4. The molecule has 1 aromatic carbocycles. The van der Waals surface area contributed by atoms with E-state index in [0.29, 0.717) is 0 Å². The van der Waals surface area contributed by atoms with Gasteiger partial charge in [0, 0.05) is 18.2 Å². The van der Waals surface area contributed by atoms with Crippen LogP contribution in [0.4, 0.5) is 0 Å². The Kier molecular flexibility index (Phi) is 2.89. The largest absolute Gasteiger partial charge is 0.358 e. The number of rotatable bonds is 2. The lowest BCUT2D eigenvalue weighted by molar-refractivity contribution is -0.0291. The molecule has 2 heterocycles. The molecular formula is C15H19NO. The van der Waals surface area contributed by atoms with Crippen molar-refractivity contribution in [3.63, 3.8) is 0 Å². The van der Waals surface area contributed by atoms with Gasteiger partial charge in [-0.1, -0.05) is 19.1 Å². The Hall–Kier alpha value is -1.28. The molecular weight excluding hydrogens is 210 g/mol. The average molecular weight is 229 g/mol. The number of hydrogen-bond acceptors (Lipinski definition) is 1. The Morgan fingerprint density at radius 3 is 3.00 bits per heavy atom. The molecule has 0 amide bonds. The minimum Gasteiger partial charge on any atom is -0.358 e. The second-order valence-electron chi connectivity index (χ2n) is 4.75. The standard InChI is InChI=1S/C15H19NO/c1-2-12-6-5-7-14-13(12)9-10-16(14)15-8-3-4-11-17-15/h5-7,9-10,15H,2-4,8,11H2,1H3. The smallest absolute Gasteiger partial charge is 0.133 e. The van der Waals surface area contributed by atoms with Crippen molar-refractivity contribution in [1.29, 1.82) is 0 Å². The molecule has 0 N–H and O–H groups in total. The number of hydrogen-bond donors (Lipinski definition) is 0. The molecule has 17 heavy (non-hydrogen) atoms. The maximum atomic E-state index is 5.87. The molecule has 0 saturated carbocycles. The van der Waals surface area contributed by atoms with Crippen molar-refractivity contribution in [3.8, 4) is 0 Å². The predicted octanol–water partition coefficient (Wildman–Crippen LogP) is 3.90. The summed E-state index contributed by atoms with van der Waals surface area (Å²) in [6.07, 6.45) is 7.13. The molecule has 0 spiro atoms. The number of nitrogens with zero attached hydrogens (tertiary/aromatic N) is 1. The summed E-state index contributed by atoms with van der Waals surface area (Å²) in [7, 11) is 0. The molecule has 2 aromatic rings. The van der Waals surface area contributed by atoms with E-state index in [4.69, 9.17) is 4.74 Å². The number of fused-ring (bicyclic) bond motifs is 1. The third-order valence-electron chi connectivity index (χ3n) is 3.70. The Morgan fingerprint density at radius 2 is 2.24 bits per heavy atom. The van der Waals surface area contributed by atoms with Gasteiger partial charge in [0.1, 0.15) is 6.23 Å². The first-order valence-electron chi connectivity index (χ1n) is 6.60. The molecule has 2 heteroatoms. The van der Waals surface area contributed by atoms with Crippen LogP contribution in [0.1, 0.15) is 38.0 Å². The van der Waals surface area contributed by atoms with E-state index in [1.807, 2.05) is 0 Å². The van der Waals surface area contributed by atoms with Crippen LogP contribution in [-0.2, 0) is 11.2 Å². The molecule has 1 unspecified atom stereocenters. The zero-order valence-electron chi connectivity index (χ0n) is 10.4. The Morgan fingerprint density at radius 1 is 1.29 bits per heavy atom. The van der Waals surface area contributed by atoms with E-state index in [1.165, 1.54) is 29.3 Å². The van der Waals surface area contributed by atoms with Gasteiger partial charge in [-0.15, -0.1) is 0 Å². The quantitative estimate of drug-likeness (QED) is 0.761. The summed E-state index contributed by atoms with van der Waals surface area (Å²) in [5.41, 5.74) is 2.74. The fourth-order valence-corrected chi connectivity index (χ4v) is 2.75. The second-order valence-corrected chi connectivity index (χ2v) is 4.75. The van der Waals surface area contributed by atoms with E-state index in [0.717, 1.165) is 19.4 Å². The van der Waals surface area contributed by atoms with E-state index in [9.17, 15) is 0 Å². The lowest BCUT2D eigenvalue weighted by Gasteiger charge is -2.24. The average Bonchev–Trinajstić information content (AvgIpc) is 2.83. The zero-order chi connectivity index (χ0) is 11.7. The molecule has 1 aliphatic heterocycles. The van der Waals surface area contributed by atoms with Crippen molar-refractivity contribution < 1.29 is 4.74 Å². The van der Waals surface area contributed by atoms with Gasteiger partial charge in [-0.25, -0.2) is 0 Å². The topological polar surface area (TPSA) is 14.2 Å². The summed E-state index contributed by atoms with van der Waals surface area (Å²) in [5.74, 6) is 0. The van der Waals surface area contributed by atoms with Gasteiger partial charge in [0.25, 0.3) is 0 Å². The van der Waals surface area contributed by atoms with Crippen LogP contribution in [0.15, 0.2) is 30.5 Å². The highest BCUT2D eigenvalue weighted by molar-refractivity contribution is 5.83. The van der Waals surface area contributed by atoms with Gasteiger partial charge in [0.2, 0.25) is 0 Å². The lowest BCUT2D eigenvalue weighted by Crippen LogP contribution is -2.17. The fraction of sp³-hybridized carbons (Fsp3) is 0.467. The highest BCUT2D eigenvalue weighted by atomic mass is 16.5. The van der Waals surface area contributed by atoms with Crippen LogP contribution in [0.2, 0.25) is 0 Å². The maximum absolute atomic E-state index is 5.87. The first-order valence-corrected chi connectivity index (χ1v) is 6.60. The van der Waals surface area contributed by atoms with E-state index < -0.39 is 0 Å². The van der Waals surface area contributed by atoms with Gasteiger partial charge in [0.15, 0.2) is 0 Å². The summed E-state index contributed by atoms with van der Waals surface area (Å²) in [6, 6.07) is 8.80. The first-order chi connectivity index (χ1) is 8.40. The van der Waals surface area contributed by atoms with Crippen molar-refractivity contribution in [2.45, 2.75) is 38.8 Å². The van der Waals surface area contributed by atoms with Gasteiger partial charge in [-0.3, -0.25) is 0 Å². The number of aromatic nitrogens is 1.